The summed E-state index contributed by atoms with van der Waals surface area (Å²) in [6.07, 6.45) is 0.368. The molecule has 0 unspecified atom stereocenters. The summed E-state index contributed by atoms with van der Waals surface area (Å²) in [6, 6.07) is 9.49. The number of hydrogen-bond acceptors (Lipinski definition) is 5. The van der Waals surface area contributed by atoms with Crippen LogP contribution >= 0.6 is 39.0 Å². The van der Waals surface area contributed by atoms with E-state index in [0.29, 0.717) is 42.6 Å². The van der Waals surface area contributed by atoms with Crippen LogP contribution in [-0.2, 0) is 14.8 Å². The number of halogens is 2. The van der Waals surface area contributed by atoms with Gasteiger partial charge in [-0.1, -0.05) is 0 Å². The van der Waals surface area contributed by atoms with Crippen molar-refractivity contribution in [1.29, 1.82) is 0 Å². The van der Waals surface area contributed by atoms with E-state index in [0.717, 1.165) is 8.68 Å². The third-order valence-corrected chi connectivity index (χ3v) is 9.14. The molecule has 1 aromatic carbocycles. The standard InChI is InChI=1S/C17H18BrFN2O3S3/c18-15-5-6-17(26-15)27(23,24)21-10-8-20(9-11-21)16(22)7-12-25-14-3-1-13(19)2-4-14/h1-6H,7-12H2. The summed E-state index contributed by atoms with van der Waals surface area (Å²) in [7, 11) is -3.50. The highest BCUT2D eigenvalue weighted by atomic mass is 79.9. The summed E-state index contributed by atoms with van der Waals surface area (Å²) in [5.41, 5.74) is 0. The molecule has 0 saturated carbocycles. The molecular formula is C17H18BrFN2O3S3. The zero-order valence-corrected chi connectivity index (χ0v) is 18.3. The maximum Gasteiger partial charge on any atom is 0.252 e. The van der Waals surface area contributed by atoms with Gasteiger partial charge in [0.15, 0.2) is 0 Å². The molecule has 0 N–H and O–H groups in total. The monoisotopic (exact) mass is 492 g/mol. The smallest absolute Gasteiger partial charge is 0.252 e. The number of thioether (sulfide) groups is 1. The van der Waals surface area contributed by atoms with Crippen molar-refractivity contribution >= 4 is 55.0 Å². The fourth-order valence-corrected chi connectivity index (χ4v) is 7.11. The molecule has 3 rings (SSSR count). The number of amides is 1. The molecule has 1 aliphatic rings. The molecule has 1 amide bonds. The van der Waals surface area contributed by atoms with Gasteiger partial charge in [0.1, 0.15) is 10.0 Å². The van der Waals surface area contributed by atoms with E-state index in [1.54, 1.807) is 29.2 Å². The molecule has 1 saturated heterocycles. The molecule has 5 nitrogen and oxygen atoms in total. The van der Waals surface area contributed by atoms with Gasteiger partial charge >= 0.3 is 0 Å². The highest BCUT2D eigenvalue weighted by molar-refractivity contribution is 9.11. The van der Waals surface area contributed by atoms with Crippen LogP contribution in [0, 0.1) is 5.82 Å². The summed E-state index contributed by atoms with van der Waals surface area (Å²) in [4.78, 5) is 15.0. The van der Waals surface area contributed by atoms with E-state index in [9.17, 15) is 17.6 Å². The molecule has 0 bridgehead atoms. The Kier molecular flexibility index (Phi) is 6.96. The van der Waals surface area contributed by atoms with E-state index in [1.807, 2.05) is 0 Å². The van der Waals surface area contributed by atoms with Crippen LogP contribution in [0.2, 0.25) is 0 Å². The van der Waals surface area contributed by atoms with Crippen LogP contribution < -0.4 is 0 Å². The van der Waals surface area contributed by atoms with Gasteiger partial charge in [0.25, 0.3) is 10.0 Å². The number of nitrogens with zero attached hydrogens (tertiary/aromatic N) is 2. The molecule has 0 atom stereocenters. The largest absolute Gasteiger partial charge is 0.340 e. The second-order valence-corrected chi connectivity index (χ2v) is 11.7. The van der Waals surface area contributed by atoms with Crippen LogP contribution in [0.3, 0.4) is 0 Å². The third-order valence-electron chi connectivity index (χ3n) is 4.13. The Bertz CT molecular complexity index is 894. The first-order chi connectivity index (χ1) is 12.9. The Hall–Kier alpha value is -0.940. The van der Waals surface area contributed by atoms with Gasteiger partial charge in [0.2, 0.25) is 5.91 Å². The van der Waals surface area contributed by atoms with E-state index in [1.165, 1.54) is 39.5 Å². The molecule has 2 heterocycles. The van der Waals surface area contributed by atoms with Crippen LogP contribution in [0.5, 0.6) is 0 Å². The minimum absolute atomic E-state index is 0.0144. The first-order valence-electron chi connectivity index (χ1n) is 8.28. The average Bonchev–Trinajstić information content (AvgIpc) is 3.10. The second-order valence-electron chi connectivity index (χ2n) is 5.90. The fourth-order valence-electron chi connectivity index (χ4n) is 2.69. The van der Waals surface area contributed by atoms with Crippen molar-refractivity contribution in [3.63, 3.8) is 0 Å². The number of benzene rings is 1. The normalized spacial score (nSPS) is 15.9. The van der Waals surface area contributed by atoms with E-state index in [-0.39, 0.29) is 11.7 Å². The number of thiophene rings is 1. The van der Waals surface area contributed by atoms with Gasteiger partial charge in [-0.05, 0) is 52.3 Å². The quantitative estimate of drug-likeness (QED) is 0.577. The summed E-state index contributed by atoms with van der Waals surface area (Å²) < 4.78 is 40.6. The van der Waals surface area contributed by atoms with Crippen LogP contribution in [0.1, 0.15) is 6.42 Å². The first kappa shape index (κ1) is 20.8. The molecule has 0 radical (unpaired) electrons. The molecule has 146 valence electrons. The Morgan fingerprint density at radius 1 is 1.11 bits per heavy atom. The van der Waals surface area contributed by atoms with E-state index in [2.05, 4.69) is 15.9 Å². The topological polar surface area (TPSA) is 57.7 Å². The van der Waals surface area contributed by atoms with E-state index < -0.39 is 10.0 Å². The molecule has 1 aliphatic heterocycles. The predicted octanol–water partition coefficient (Wildman–Crippen LogP) is 3.67. The minimum atomic E-state index is -3.50. The minimum Gasteiger partial charge on any atom is -0.340 e. The van der Waals surface area contributed by atoms with Crippen LogP contribution in [0.25, 0.3) is 0 Å². The number of carbonyl (C=O) groups is 1. The maximum atomic E-state index is 12.9. The van der Waals surface area contributed by atoms with Crippen molar-refractivity contribution in [2.75, 3.05) is 31.9 Å². The number of rotatable bonds is 6. The van der Waals surface area contributed by atoms with Crippen molar-refractivity contribution in [2.24, 2.45) is 0 Å². The van der Waals surface area contributed by atoms with Crippen molar-refractivity contribution < 1.29 is 17.6 Å². The lowest BCUT2D eigenvalue weighted by molar-refractivity contribution is -0.131. The maximum absolute atomic E-state index is 12.9. The zero-order valence-electron chi connectivity index (χ0n) is 14.3. The number of carbonyl (C=O) groups excluding carboxylic acids is 1. The first-order valence-corrected chi connectivity index (χ1v) is 12.3. The van der Waals surface area contributed by atoms with Gasteiger partial charge < -0.3 is 4.90 Å². The van der Waals surface area contributed by atoms with Crippen molar-refractivity contribution in [3.05, 3.63) is 46.0 Å². The van der Waals surface area contributed by atoms with Crippen molar-refractivity contribution in [2.45, 2.75) is 15.5 Å². The molecule has 1 fully saturated rings. The molecule has 0 aliphatic carbocycles. The number of hydrogen-bond donors (Lipinski definition) is 0. The highest BCUT2D eigenvalue weighted by Crippen LogP contribution is 2.29. The number of sulfonamides is 1. The van der Waals surface area contributed by atoms with Gasteiger partial charge in [-0.15, -0.1) is 23.1 Å². The summed E-state index contributed by atoms with van der Waals surface area (Å²) >= 11 is 5.97. The summed E-state index contributed by atoms with van der Waals surface area (Å²) in [6.45, 7) is 1.39. The van der Waals surface area contributed by atoms with Crippen LogP contribution in [0.15, 0.2) is 49.3 Å². The molecule has 27 heavy (non-hydrogen) atoms. The van der Waals surface area contributed by atoms with Gasteiger partial charge in [-0.2, -0.15) is 4.31 Å². The van der Waals surface area contributed by atoms with Gasteiger partial charge in [0.05, 0.1) is 3.79 Å². The van der Waals surface area contributed by atoms with Gasteiger partial charge in [-0.3, -0.25) is 4.79 Å². The molecular weight excluding hydrogens is 475 g/mol. The zero-order chi connectivity index (χ0) is 19.4. The van der Waals surface area contributed by atoms with Crippen molar-refractivity contribution in [3.8, 4) is 0 Å². The number of piperazine rings is 1. The lowest BCUT2D eigenvalue weighted by atomic mass is 10.3. The van der Waals surface area contributed by atoms with Gasteiger partial charge in [0, 0.05) is 43.2 Å². The molecule has 1 aromatic heterocycles. The average molecular weight is 493 g/mol. The Morgan fingerprint density at radius 3 is 2.37 bits per heavy atom. The molecule has 2 aromatic rings. The molecule has 10 heteroatoms. The van der Waals surface area contributed by atoms with Crippen LogP contribution in [-0.4, -0.2) is 55.5 Å². The lowest BCUT2D eigenvalue weighted by Crippen LogP contribution is -2.50. The molecule has 0 spiro atoms. The van der Waals surface area contributed by atoms with E-state index >= 15 is 0 Å². The highest BCUT2D eigenvalue weighted by Gasteiger charge is 2.30. The SMILES string of the molecule is O=C(CCSc1ccc(F)cc1)N1CCN(S(=O)(=O)c2ccc(Br)s2)CC1. The summed E-state index contributed by atoms with van der Waals surface area (Å²) in [5.74, 6) is 0.338. The van der Waals surface area contributed by atoms with Crippen LogP contribution in [0.4, 0.5) is 4.39 Å². The Labute approximate surface area is 174 Å². The van der Waals surface area contributed by atoms with E-state index in [4.69, 9.17) is 0 Å². The second kappa shape index (κ2) is 9.04. The van der Waals surface area contributed by atoms with Crippen molar-refractivity contribution in [1.82, 2.24) is 9.21 Å². The predicted molar refractivity (Wildman–Crippen MR) is 109 cm³/mol. The lowest BCUT2D eigenvalue weighted by Gasteiger charge is -2.33. The Balaban J connectivity index is 1.47. The Morgan fingerprint density at radius 2 is 1.78 bits per heavy atom. The third kappa shape index (κ3) is 5.32. The van der Waals surface area contributed by atoms with Gasteiger partial charge in [-0.25, -0.2) is 12.8 Å². The fraction of sp³-hybridized carbons (Fsp3) is 0.353. The summed E-state index contributed by atoms with van der Waals surface area (Å²) in [5, 5.41) is 0.